The third kappa shape index (κ3) is 2.45. The zero-order valence-corrected chi connectivity index (χ0v) is 9.64. The van der Waals surface area contributed by atoms with Crippen LogP contribution in [0.5, 0.6) is 0 Å². The highest BCUT2D eigenvalue weighted by molar-refractivity contribution is 5.93. The van der Waals surface area contributed by atoms with Crippen molar-refractivity contribution in [2.24, 2.45) is 13.0 Å². The van der Waals surface area contributed by atoms with Crippen LogP contribution < -0.4 is 5.32 Å². The molecule has 1 saturated heterocycles. The number of anilines is 1. The smallest absolute Gasteiger partial charge is 0.230 e. The molecular formula is C11H14N4O2. The molecule has 0 saturated carbocycles. The molecule has 1 aromatic heterocycles. The van der Waals surface area contributed by atoms with Gasteiger partial charge in [0.25, 0.3) is 0 Å². The Kier molecular flexibility index (Phi) is 3.40. The van der Waals surface area contributed by atoms with E-state index >= 15 is 0 Å². The number of carbonyl (C=O) groups is 1. The first kappa shape index (κ1) is 11.6. The second kappa shape index (κ2) is 4.97. The number of hydrogen-bond acceptors (Lipinski definition) is 4. The largest absolute Gasteiger partial charge is 0.381 e. The topological polar surface area (TPSA) is 79.9 Å². The summed E-state index contributed by atoms with van der Waals surface area (Å²) in [6.07, 6.45) is 3.16. The Balaban J connectivity index is 2.07. The third-order valence-corrected chi connectivity index (χ3v) is 2.83. The van der Waals surface area contributed by atoms with E-state index in [2.05, 4.69) is 10.4 Å². The molecule has 1 unspecified atom stereocenters. The Morgan fingerprint density at radius 1 is 1.76 bits per heavy atom. The van der Waals surface area contributed by atoms with Crippen LogP contribution in [0.2, 0.25) is 0 Å². The fourth-order valence-electron chi connectivity index (χ4n) is 1.83. The van der Waals surface area contributed by atoms with Gasteiger partial charge in [0.2, 0.25) is 5.91 Å². The summed E-state index contributed by atoms with van der Waals surface area (Å²) in [4.78, 5) is 11.9. The zero-order chi connectivity index (χ0) is 12.3. The number of nitrogens with one attached hydrogen (secondary N) is 1. The maximum atomic E-state index is 11.9. The van der Waals surface area contributed by atoms with E-state index in [4.69, 9.17) is 10.00 Å². The van der Waals surface area contributed by atoms with Gasteiger partial charge in [-0.05, 0) is 12.8 Å². The van der Waals surface area contributed by atoms with Gasteiger partial charge in [-0.3, -0.25) is 9.48 Å². The minimum atomic E-state index is -0.134. The molecule has 0 bridgehead atoms. The summed E-state index contributed by atoms with van der Waals surface area (Å²) >= 11 is 0. The standard InChI is InChI=1S/C11H14N4O2/c1-15-10(9(5-12)6-13-15)14-11(16)8-3-2-4-17-7-8/h6,8H,2-4,7H2,1H3,(H,14,16). The van der Waals surface area contributed by atoms with Gasteiger partial charge in [0, 0.05) is 13.7 Å². The lowest BCUT2D eigenvalue weighted by Gasteiger charge is -2.21. The number of nitrogens with zero attached hydrogens (tertiary/aromatic N) is 3. The van der Waals surface area contributed by atoms with Gasteiger partial charge in [0.05, 0.1) is 18.7 Å². The van der Waals surface area contributed by atoms with Crippen molar-refractivity contribution in [3.63, 3.8) is 0 Å². The molecule has 1 aliphatic heterocycles. The summed E-state index contributed by atoms with van der Waals surface area (Å²) in [5.74, 6) is 0.207. The van der Waals surface area contributed by atoms with Crippen molar-refractivity contribution >= 4 is 11.7 Å². The van der Waals surface area contributed by atoms with E-state index in [-0.39, 0.29) is 11.8 Å². The highest BCUT2D eigenvalue weighted by Crippen LogP contribution is 2.18. The molecule has 2 heterocycles. The van der Waals surface area contributed by atoms with E-state index < -0.39 is 0 Å². The molecule has 90 valence electrons. The maximum absolute atomic E-state index is 11.9. The average molecular weight is 234 g/mol. The Bertz CT molecular complexity index is 455. The van der Waals surface area contributed by atoms with Crippen LogP contribution in [0.25, 0.3) is 0 Å². The molecule has 0 aliphatic carbocycles. The SMILES string of the molecule is Cn1ncc(C#N)c1NC(=O)C1CCCOC1. The van der Waals surface area contributed by atoms with Crippen molar-refractivity contribution in [3.8, 4) is 6.07 Å². The minimum Gasteiger partial charge on any atom is -0.381 e. The number of carbonyl (C=O) groups excluding carboxylic acids is 1. The third-order valence-electron chi connectivity index (χ3n) is 2.83. The zero-order valence-electron chi connectivity index (χ0n) is 9.64. The first-order chi connectivity index (χ1) is 8.22. The van der Waals surface area contributed by atoms with Gasteiger partial charge in [0.15, 0.2) is 0 Å². The fourth-order valence-corrected chi connectivity index (χ4v) is 1.83. The maximum Gasteiger partial charge on any atom is 0.230 e. The van der Waals surface area contributed by atoms with Gasteiger partial charge >= 0.3 is 0 Å². The molecule has 6 heteroatoms. The Hall–Kier alpha value is -1.87. The van der Waals surface area contributed by atoms with E-state index in [1.807, 2.05) is 6.07 Å². The van der Waals surface area contributed by atoms with Gasteiger partial charge < -0.3 is 10.1 Å². The first-order valence-electron chi connectivity index (χ1n) is 5.53. The summed E-state index contributed by atoms with van der Waals surface area (Å²) in [5, 5.41) is 15.5. The predicted molar refractivity (Wildman–Crippen MR) is 60.1 cm³/mol. The minimum absolute atomic E-state index is 0.107. The van der Waals surface area contributed by atoms with E-state index in [1.54, 1.807) is 7.05 Å². The molecule has 0 radical (unpaired) electrons. The van der Waals surface area contributed by atoms with Crippen molar-refractivity contribution in [1.29, 1.82) is 5.26 Å². The Morgan fingerprint density at radius 3 is 3.24 bits per heavy atom. The number of ether oxygens (including phenoxy) is 1. The van der Waals surface area contributed by atoms with Gasteiger partial charge in [-0.1, -0.05) is 0 Å². The normalized spacial score (nSPS) is 19.6. The first-order valence-corrected chi connectivity index (χ1v) is 5.53. The molecule has 1 aliphatic rings. The van der Waals surface area contributed by atoms with Crippen molar-refractivity contribution in [3.05, 3.63) is 11.8 Å². The van der Waals surface area contributed by atoms with Crippen LogP contribution in [0.3, 0.4) is 0 Å². The lowest BCUT2D eigenvalue weighted by Crippen LogP contribution is -2.31. The highest BCUT2D eigenvalue weighted by atomic mass is 16.5. The molecule has 1 atom stereocenters. The summed E-state index contributed by atoms with van der Waals surface area (Å²) in [6, 6.07) is 2.00. The molecule has 17 heavy (non-hydrogen) atoms. The van der Waals surface area contributed by atoms with Crippen LogP contribution in [-0.2, 0) is 16.6 Å². The Morgan fingerprint density at radius 2 is 2.59 bits per heavy atom. The van der Waals surface area contributed by atoms with Crippen molar-refractivity contribution < 1.29 is 9.53 Å². The van der Waals surface area contributed by atoms with Crippen LogP contribution in [0.15, 0.2) is 6.20 Å². The van der Waals surface area contributed by atoms with Crippen LogP contribution in [0.1, 0.15) is 18.4 Å². The molecule has 0 spiro atoms. The van der Waals surface area contributed by atoms with Crippen LogP contribution >= 0.6 is 0 Å². The number of aromatic nitrogens is 2. The summed E-state index contributed by atoms with van der Waals surface area (Å²) in [7, 11) is 1.69. The number of rotatable bonds is 2. The second-order valence-electron chi connectivity index (χ2n) is 4.05. The summed E-state index contributed by atoms with van der Waals surface area (Å²) < 4.78 is 6.75. The van der Waals surface area contributed by atoms with Gasteiger partial charge in [-0.25, -0.2) is 0 Å². The van der Waals surface area contributed by atoms with Gasteiger partial charge in [-0.15, -0.1) is 0 Å². The van der Waals surface area contributed by atoms with Crippen LogP contribution in [0, 0.1) is 17.2 Å². The molecular weight excluding hydrogens is 220 g/mol. The summed E-state index contributed by atoms with van der Waals surface area (Å²) in [6.45, 7) is 1.17. The molecule has 0 aromatic carbocycles. The Labute approximate surface area is 99.2 Å². The second-order valence-corrected chi connectivity index (χ2v) is 4.05. The van der Waals surface area contributed by atoms with Gasteiger partial charge in [-0.2, -0.15) is 10.4 Å². The number of amides is 1. The molecule has 2 rings (SSSR count). The predicted octanol–water partition coefficient (Wildman–Crippen LogP) is 0.657. The lowest BCUT2D eigenvalue weighted by atomic mass is 10.0. The van der Waals surface area contributed by atoms with Crippen molar-refractivity contribution in [1.82, 2.24) is 9.78 Å². The summed E-state index contributed by atoms with van der Waals surface area (Å²) in [5.41, 5.74) is 0.373. The van der Waals surface area contributed by atoms with E-state index in [0.717, 1.165) is 19.4 Å². The number of aryl methyl sites for hydroxylation is 1. The molecule has 1 aromatic rings. The lowest BCUT2D eigenvalue weighted by molar-refractivity contribution is -0.123. The molecule has 6 nitrogen and oxygen atoms in total. The fraction of sp³-hybridized carbons (Fsp3) is 0.545. The van der Waals surface area contributed by atoms with Crippen molar-refractivity contribution in [2.45, 2.75) is 12.8 Å². The monoisotopic (exact) mass is 234 g/mol. The van der Waals surface area contributed by atoms with Crippen LogP contribution in [0.4, 0.5) is 5.82 Å². The highest BCUT2D eigenvalue weighted by Gasteiger charge is 2.23. The van der Waals surface area contributed by atoms with Crippen LogP contribution in [-0.4, -0.2) is 28.9 Å². The molecule has 1 N–H and O–H groups in total. The van der Waals surface area contributed by atoms with Crippen molar-refractivity contribution in [2.75, 3.05) is 18.5 Å². The van der Waals surface area contributed by atoms with E-state index in [1.165, 1.54) is 10.9 Å². The molecule has 1 amide bonds. The molecule has 1 fully saturated rings. The quantitative estimate of drug-likeness (QED) is 0.815. The average Bonchev–Trinajstić information content (AvgIpc) is 2.71. The van der Waals surface area contributed by atoms with E-state index in [9.17, 15) is 4.79 Å². The number of hydrogen-bond donors (Lipinski definition) is 1. The van der Waals surface area contributed by atoms with Gasteiger partial charge in [0.1, 0.15) is 17.5 Å². The van der Waals surface area contributed by atoms with E-state index in [0.29, 0.717) is 18.0 Å². The number of nitriles is 1.